The van der Waals surface area contributed by atoms with E-state index in [4.69, 9.17) is 14.2 Å². The molecule has 2 N–H and O–H groups in total. The Balaban J connectivity index is 2.29. The van der Waals surface area contributed by atoms with Crippen molar-refractivity contribution < 1.29 is 28.4 Å². The van der Waals surface area contributed by atoms with Crippen molar-refractivity contribution in [1.29, 1.82) is 0 Å². The summed E-state index contributed by atoms with van der Waals surface area (Å²) >= 11 is 0. The molecule has 0 fully saturated rings. The second kappa shape index (κ2) is 8.66. The van der Waals surface area contributed by atoms with Crippen LogP contribution in [0.3, 0.4) is 0 Å². The lowest BCUT2D eigenvalue weighted by Gasteiger charge is -2.21. The van der Waals surface area contributed by atoms with E-state index in [0.717, 1.165) is 0 Å². The topological polar surface area (TPSA) is 109 Å². The van der Waals surface area contributed by atoms with Crippen LogP contribution < -0.4 is 15.4 Å². The number of esters is 1. The summed E-state index contributed by atoms with van der Waals surface area (Å²) in [6.45, 7) is 7.39. The highest BCUT2D eigenvalue weighted by molar-refractivity contribution is 7.33. The lowest BCUT2D eigenvalue weighted by Crippen LogP contribution is -2.38. The van der Waals surface area contributed by atoms with Crippen LogP contribution in [0.4, 0.5) is 10.5 Å². The van der Waals surface area contributed by atoms with Gasteiger partial charge in [0.05, 0.1) is 19.6 Å². The average Bonchev–Trinajstić information content (AvgIpc) is 2.89. The SMILES string of the molecule is COC(=O)c1c(N[C@@H](C)CNC(=O)OC(C)(C)C)c2cc(OC)ccc2[s+]1[O-]. The summed E-state index contributed by atoms with van der Waals surface area (Å²) in [5, 5.41) is 6.43. The summed E-state index contributed by atoms with van der Waals surface area (Å²) in [6.07, 6.45) is -0.541. The molecule has 0 spiro atoms. The zero-order valence-electron chi connectivity index (χ0n) is 16.9. The van der Waals surface area contributed by atoms with Gasteiger partial charge < -0.3 is 29.4 Å². The first kappa shape index (κ1) is 21.8. The minimum Gasteiger partial charge on any atom is -0.590 e. The van der Waals surface area contributed by atoms with Crippen molar-refractivity contribution in [2.45, 2.75) is 39.3 Å². The van der Waals surface area contributed by atoms with Gasteiger partial charge in [-0.05, 0) is 50.6 Å². The molecule has 2 rings (SSSR count). The Hall–Kier alpha value is -2.52. The van der Waals surface area contributed by atoms with Gasteiger partial charge in [0.25, 0.3) is 4.88 Å². The maximum atomic E-state index is 12.8. The fraction of sp³-hybridized carbons (Fsp3) is 0.474. The van der Waals surface area contributed by atoms with E-state index >= 15 is 0 Å². The van der Waals surface area contributed by atoms with Crippen LogP contribution in [0.1, 0.15) is 37.4 Å². The maximum Gasteiger partial charge on any atom is 0.407 e. The predicted molar refractivity (Wildman–Crippen MR) is 108 cm³/mol. The summed E-state index contributed by atoms with van der Waals surface area (Å²) in [4.78, 5) is 24.1. The first-order chi connectivity index (χ1) is 13.1. The molecule has 2 aromatic rings. The number of alkyl carbamates (subject to hydrolysis) is 1. The number of benzene rings is 1. The summed E-state index contributed by atoms with van der Waals surface area (Å²) in [6, 6.07) is 4.77. The zero-order valence-corrected chi connectivity index (χ0v) is 17.7. The number of amides is 1. The number of hydrogen-bond donors (Lipinski definition) is 2. The van der Waals surface area contributed by atoms with Gasteiger partial charge in [-0.3, -0.25) is 0 Å². The van der Waals surface area contributed by atoms with E-state index in [2.05, 4.69) is 10.6 Å². The molecule has 0 saturated heterocycles. The number of rotatable bonds is 6. The molecule has 1 heterocycles. The molecule has 0 radical (unpaired) electrons. The molecule has 28 heavy (non-hydrogen) atoms. The Bertz CT molecular complexity index is 871. The number of nitrogens with one attached hydrogen (secondary N) is 2. The monoisotopic (exact) mass is 410 g/mol. The van der Waals surface area contributed by atoms with Gasteiger partial charge in [-0.1, -0.05) is 0 Å². The minimum atomic E-state index is -1.67. The van der Waals surface area contributed by atoms with E-state index in [0.29, 0.717) is 21.5 Å². The number of carbonyl (C=O) groups excluding carboxylic acids is 2. The van der Waals surface area contributed by atoms with E-state index in [1.54, 1.807) is 39.0 Å². The van der Waals surface area contributed by atoms with Gasteiger partial charge >= 0.3 is 12.1 Å². The fourth-order valence-corrected chi connectivity index (χ4v) is 3.94. The Kier molecular flexibility index (Phi) is 6.73. The number of carbonyl (C=O) groups is 2. The molecule has 9 heteroatoms. The van der Waals surface area contributed by atoms with Gasteiger partial charge in [0.2, 0.25) is 0 Å². The molecule has 0 aliphatic rings. The first-order valence-electron chi connectivity index (χ1n) is 8.73. The van der Waals surface area contributed by atoms with Crippen LogP contribution in [0.15, 0.2) is 18.2 Å². The minimum absolute atomic E-state index is 0.0369. The number of anilines is 1. The Morgan fingerprint density at radius 3 is 2.50 bits per heavy atom. The molecule has 1 aromatic heterocycles. The van der Waals surface area contributed by atoms with Crippen LogP contribution in [0.5, 0.6) is 5.75 Å². The van der Waals surface area contributed by atoms with Crippen molar-refractivity contribution in [3.05, 3.63) is 23.1 Å². The third-order valence-corrected chi connectivity index (χ3v) is 5.28. The first-order valence-corrected chi connectivity index (χ1v) is 9.88. The van der Waals surface area contributed by atoms with E-state index in [-0.39, 0.29) is 17.5 Å². The van der Waals surface area contributed by atoms with Crippen LogP contribution >= 0.6 is 10.8 Å². The van der Waals surface area contributed by atoms with Crippen LogP contribution in [0, 0.1) is 0 Å². The molecule has 1 aromatic carbocycles. The quantitative estimate of drug-likeness (QED) is 0.552. The summed E-state index contributed by atoms with van der Waals surface area (Å²) < 4.78 is 28.5. The van der Waals surface area contributed by atoms with Gasteiger partial charge in [-0.15, -0.1) is 0 Å². The van der Waals surface area contributed by atoms with E-state index < -0.39 is 28.4 Å². The Labute approximate surface area is 167 Å². The molecule has 2 atom stereocenters. The highest BCUT2D eigenvalue weighted by Crippen LogP contribution is 2.44. The van der Waals surface area contributed by atoms with Crippen molar-refractivity contribution in [1.82, 2.24) is 5.32 Å². The highest BCUT2D eigenvalue weighted by atomic mass is 32.2. The zero-order chi connectivity index (χ0) is 21.1. The molecule has 1 unspecified atom stereocenters. The van der Waals surface area contributed by atoms with Crippen LogP contribution in [0.25, 0.3) is 10.1 Å². The molecule has 0 aliphatic carbocycles. The van der Waals surface area contributed by atoms with Gasteiger partial charge in [0, 0.05) is 18.7 Å². The molecular weight excluding hydrogens is 384 g/mol. The van der Waals surface area contributed by atoms with Crippen molar-refractivity contribution in [2.75, 3.05) is 26.1 Å². The number of ether oxygens (including phenoxy) is 3. The number of methoxy groups -OCH3 is 2. The summed E-state index contributed by atoms with van der Waals surface area (Å²) in [5.41, 5.74) is -0.198. The lowest BCUT2D eigenvalue weighted by atomic mass is 10.2. The van der Waals surface area contributed by atoms with E-state index in [1.165, 1.54) is 14.2 Å². The number of hydrogen-bond acceptors (Lipinski definition) is 7. The molecule has 0 bridgehead atoms. The molecule has 8 nitrogen and oxygen atoms in total. The van der Waals surface area contributed by atoms with Gasteiger partial charge in [-0.25, -0.2) is 9.59 Å². The standard InChI is InChI=1S/C19H26N2O6S/c1-11(10-20-18(23)27-19(2,3)4)21-15-13-9-12(25-5)7-8-14(13)28(24)16(15)17(22)26-6/h7-9,11,21H,10H2,1-6H3,(H,20,23)/t11-,28?/m0/s1. The molecule has 0 saturated carbocycles. The average molecular weight is 410 g/mol. The largest absolute Gasteiger partial charge is 0.590 e. The van der Waals surface area contributed by atoms with Crippen LogP contribution in [0.2, 0.25) is 0 Å². The molecular formula is C19H26N2O6S. The van der Waals surface area contributed by atoms with Gasteiger partial charge in [0.15, 0.2) is 4.70 Å². The normalized spacial score (nSPS) is 13.0. The summed E-state index contributed by atoms with van der Waals surface area (Å²) in [7, 11) is 1.09. The smallest absolute Gasteiger partial charge is 0.407 e. The fourth-order valence-electron chi connectivity index (χ4n) is 2.58. The van der Waals surface area contributed by atoms with Crippen molar-refractivity contribution in [2.24, 2.45) is 0 Å². The number of fused-ring (bicyclic) bond motifs is 1. The van der Waals surface area contributed by atoms with E-state index in [1.807, 2.05) is 6.92 Å². The van der Waals surface area contributed by atoms with Crippen LogP contribution in [-0.2, 0) is 9.47 Å². The van der Waals surface area contributed by atoms with Crippen LogP contribution in [-0.4, -0.2) is 49.0 Å². The second-order valence-corrected chi connectivity index (χ2v) is 8.64. The van der Waals surface area contributed by atoms with Crippen molar-refractivity contribution in [3.63, 3.8) is 0 Å². The van der Waals surface area contributed by atoms with Crippen molar-refractivity contribution in [3.8, 4) is 5.75 Å². The maximum absolute atomic E-state index is 12.8. The molecule has 154 valence electrons. The van der Waals surface area contributed by atoms with E-state index in [9.17, 15) is 14.1 Å². The predicted octanol–water partition coefficient (Wildman–Crippen LogP) is 3.69. The Morgan fingerprint density at radius 1 is 1.25 bits per heavy atom. The third kappa shape index (κ3) is 5.05. The van der Waals surface area contributed by atoms with Crippen molar-refractivity contribution >= 4 is 38.6 Å². The lowest BCUT2D eigenvalue weighted by molar-refractivity contribution is 0.0524. The van der Waals surface area contributed by atoms with Gasteiger partial charge in [0.1, 0.15) is 17.0 Å². The Morgan fingerprint density at radius 2 is 1.93 bits per heavy atom. The highest BCUT2D eigenvalue weighted by Gasteiger charge is 2.30. The third-order valence-electron chi connectivity index (χ3n) is 3.78. The molecule has 0 aliphatic heterocycles. The molecule has 1 amide bonds. The number of thiophene rings is 1. The van der Waals surface area contributed by atoms with Gasteiger partial charge in [-0.2, -0.15) is 0 Å². The second-order valence-electron chi connectivity index (χ2n) is 7.25. The summed E-state index contributed by atoms with van der Waals surface area (Å²) in [5.74, 6) is -0.107.